The van der Waals surface area contributed by atoms with Gasteiger partial charge in [-0.05, 0) is 31.3 Å². The Morgan fingerprint density at radius 2 is 1.79 bits per heavy atom. The molecule has 1 atom stereocenters. The van der Waals surface area contributed by atoms with Gasteiger partial charge in [0.15, 0.2) is 12.5 Å². The Morgan fingerprint density at radius 3 is 2.46 bits per heavy atom. The van der Waals surface area contributed by atoms with Crippen LogP contribution in [0.5, 0.6) is 0 Å². The van der Waals surface area contributed by atoms with Crippen molar-refractivity contribution in [3.63, 3.8) is 0 Å². The van der Waals surface area contributed by atoms with E-state index >= 15 is 0 Å². The largest absolute Gasteiger partial charge is 0.315 e. The van der Waals surface area contributed by atoms with Crippen molar-refractivity contribution >= 4 is 12.2 Å². The van der Waals surface area contributed by atoms with E-state index in [-0.39, 0.29) is 5.82 Å². The Morgan fingerprint density at radius 1 is 1.12 bits per heavy atom. The van der Waals surface area contributed by atoms with Gasteiger partial charge in [0.2, 0.25) is 4.77 Å². The smallest absolute Gasteiger partial charge is 0.221 e. The van der Waals surface area contributed by atoms with Crippen molar-refractivity contribution in [2.75, 3.05) is 7.05 Å². The van der Waals surface area contributed by atoms with E-state index in [0.717, 1.165) is 23.5 Å². The van der Waals surface area contributed by atoms with Crippen molar-refractivity contribution < 1.29 is 9.29 Å². The van der Waals surface area contributed by atoms with Crippen LogP contribution >= 0.6 is 12.2 Å². The summed E-state index contributed by atoms with van der Waals surface area (Å²) in [7, 11) is 2.07. The molecule has 124 valence electrons. The maximum absolute atomic E-state index is 13.0. The fourth-order valence-corrected chi connectivity index (χ4v) is 2.78. The molecule has 1 aromatic heterocycles. The van der Waals surface area contributed by atoms with Crippen LogP contribution in [-0.2, 0) is 13.2 Å². The number of nitrogens with one attached hydrogen (secondary N) is 2. The minimum Gasteiger partial charge on any atom is -0.315 e. The molecule has 0 aliphatic heterocycles. The average Bonchev–Trinajstić information content (AvgIpc) is 2.91. The molecule has 0 fully saturated rings. The van der Waals surface area contributed by atoms with Gasteiger partial charge in [-0.25, -0.2) is 9.07 Å². The van der Waals surface area contributed by atoms with Gasteiger partial charge in [-0.1, -0.05) is 42.0 Å². The van der Waals surface area contributed by atoms with Gasteiger partial charge in [0.05, 0.1) is 7.05 Å². The van der Waals surface area contributed by atoms with Crippen LogP contribution in [0.4, 0.5) is 4.39 Å². The Bertz CT molecular complexity index is 865. The number of aromatic nitrogens is 3. The van der Waals surface area contributed by atoms with Crippen LogP contribution in [0.1, 0.15) is 11.1 Å². The molecule has 1 unspecified atom stereocenters. The summed E-state index contributed by atoms with van der Waals surface area (Å²) < 4.78 is 15.4. The average molecular weight is 343 g/mol. The lowest BCUT2D eigenvalue weighted by molar-refractivity contribution is -0.917. The van der Waals surface area contributed by atoms with E-state index in [1.807, 2.05) is 28.9 Å². The molecule has 24 heavy (non-hydrogen) atoms. The summed E-state index contributed by atoms with van der Waals surface area (Å²) in [6.45, 7) is 3.49. The lowest BCUT2D eigenvalue weighted by Crippen LogP contribution is -3.07. The Balaban J connectivity index is 1.72. The summed E-state index contributed by atoms with van der Waals surface area (Å²) in [5.74, 6) is 0.560. The van der Waals surface area contributed by atoms with Gasteiger partial charge in [-0.3, -0.25) is 5.10 Å². The van der Waals surface area contributed by atoms with E-state index in [1.54, 1.807) is 0 Å². The lowest BCUT2D eigenvalue weighted by atomic mass is 10.1. The number of hydrogen-bond acceptors (Lipinski definition) is 2. The number of quaternary nitrogens is 1. The summed E-state index contributed by atoms with van der Waals surface area (Å²) >= 11 is 5.36. The van der Waals surface area contributed by atoms with Gasteiger partial charge in [0, 0.05) is 11.1 Å². The van der Waals surface area contributed by atoms with Crippen molar-refractivity contribution in [3.8, 4) is 11.4 Å². The first-order chi connectivity index (χ1) is 11.5. The standard InChI is InChI=1S/C18H19FN4S/c1-13-3-7-15(8-4-13)17-20-18(24)23(21-17)12-22(2)11-14-5-9-16(19)10-6-14/h3-10H,11-12H2,1-2H3,(H,20,21,24)/p+1. The third-order valence-corrected chi connectivity index (χ3v) is 4.16. The van der Waals surface area contributed by atoms with Crippen LogP contribution in [-0.4, -0.2) is 21.8 Å². The zero-order valence-electron chi connectivity index (χ0n) is 13.7. The fourth-order valence-electron chi connectivity index (χ4n) is 2.58. The summed E-state index contributed by atoms with van der Waals surface area (Å²) in [4.78, 5) is 5.66. The van der Waals surface area contributed by atoms with E-state index in [4.69, 9.17) is 12.2 Å². The Hall–Kier alpha value is -2.31. The highest BCUT2D eigenvalue weighted by Gasteiger charge is 2.09. The maximum Gasteiger partial charge on any atom is 0.221 e. The molecule has 0 bridgehead atoms. The number of benzene rings is 2. The molecule has 4 nitrogen and oxygen atoms in total. The van der Waals surface area contributed by atoms with Gasteiger partial charge in [0.25, 0.3) is 0 Å². The molecule has 2 aromatic carbocycles. The minimum absolute atomic E-state index is 0.213. The van der Waals surface area contributed by atoms with E-state index in [9.17, 15) is 4.39 Å². The second-order valence-corrected chi connectivity index (χ2v) is 6.43. The van der Waals surface area contributed by atoms with Crippen LogP contribution in [0.15, 0.2) is 48.5 Å². The third-order valence-electron chi connectivity index (χ3n) is 3.85. The van der Waals surface area contributed by atoms with E-state index in [1.165, 1.54) is 22.6 Å². The van der Waals surface area contributed by atoms with E-state index in [0.29, 0.717) is 11.4 Å². The van der Waals surface area contributed by atoms with Gasteiger partial charge in [0.1, 0.15) is 12.4 Å². The number of aromatic amines is 1. The van der Waals surface area contributed by atoms with Crippen LogP contribution in [0, 0.1) is 17.5 Å². The second-order valence-electron chi connectivity index (χ2n) is 6.07. The second kappa shape index (κ2) is 7.07. The zero-order chi connectivity index (χ0) is 17.1. The third kappa shape index (κ3) is 3.96. The maximum atomic E-state index is 13.0. The summed E-state index contributed by atoms with van der Waals surface area (Å²) in [5.41, 5.74) is 3.31. The molecule has 0 aliphatic rings. The number of rotatable bonds is 5. The highest BCUT2D eigenvalue weighted by molar-refractivity contribution is 7.71. The first-order valence-corrected chi connectivity index (χ1v) is 8.22. The van der Waals surface area contributed by atoms with Crippen molar-refractivity contribution in [2.45, 2.75) is 20.1 Å². The molecule has 2 N–H and O–H groups in total. The van der Waals surface area contributed by atoms with Crippen molar-refractivity contribution in [1.82, 2.24) is 14.8 Å². The SMILES string of the molecule is Cc1ccc(-c2nc(=S)n(C[NH+](C)Cc3ccc(F)cc3)[nH]2)cc1. The van der Waals surface area contributed by atoms with Gasteiger partial charge in [-0.15, -0.1) is 0 Å². The fraction of sp³-hybridized carbons (Fsp3) is 0.222. The van der Waals surface area contributed by atoms with Gasteiger partial charge >= 0.3 is 0 Å². The highest BCUT2D eigenvalue weighted by Crippen LogP contribution is 2.15. The molecular formula is C18H20FN4S+. The first kappa shape index (κ1) is 16.5. The van der Waals surface area contributed by atoms with Crippen molar-refractivity contribution in [3.05, 3.63) is 70.2 Å². The lowest BCUT2D eigenvalue weighted by Gasteiger charge is -2.14. The summed E-state index contributed by atoms with van der Waals surface area (Å²) in [5, 5.41) is 3.26. The van der Waals surface area contributed by atoms with Crippen molar-refractivity contribution in [2.24, 2.45) is 0 Å². The predicted molar refractivity (Wildman–Crippen MR) is 94.6 cm³/mol. The van der Waals surface area contributed by atoms with Crippen LogP contribution in [0.3, 0.4) is 0 Å². The topological polar surface area (TPSA) is 38.0 Å². The molecule has 0 aliphatic carbocycles. The van der Waals surface area contributed by atoms with E-state index < -0.39 is 0 Å². The number of aryl methyl sites for hydroxylation is 1. The minimum atomic E-state index is -0.213. The molecule has 1 heterocycles. The zero-order valence-corrected chi connectivity index (χ0v) is 14.5. The first-order valence-electron chi connectivity index (χ1n) is 7.81. The van der Waals surface area contributed by atoms with Crippen LogP contribution in [0.25, 0.3) is 11.4 Å². The highest BCUT2D eigenvalue weighted by atomic mass is 32.1. The normalized spacial score (nSPS) is 12.3. The summed E-state index contributed by atoms with van der Waals surface area (Å²) in [6.07, 6.45) is 0. The molecular weight excluding hydrogens is 323 g/mol. The predicted octanol–water partition coefficient (Wildman–Crippen LogP) is 2.73. The van der Waals surface area contributed by atoms with Crippen LogP contribution < -0.4 is 4.90 Å². The molecule has 0 radical (unpaired) electrons. The Labute approximate surface area is 145 Å². The molecule has 0 saturated carbocycles. The van der Waals surface area contributed by atoms with Gasteiger partial charge < -0.3 is 4.90 Å². The number of H-pyrrole nitrogens is 1. The molecule has 3 aromatic rings. The molecule has 3 rings (SSSR count). The van der Waals surface area contributed by atoms with Crippen LogP contribution in [0.2, 0.25) is 0 Å². The molecule has 0 saturated heterocycles. The molecule has 6 heteroatoms. The number of nitrogens with zero attached hydrogens (tertiary/aromatic N) is 2. The van der Waals surface area contributed by atoms with Gasteiger partial charge in [-0.2, -0.15) is 4.98 Å². The monoisotopic (exact) mass is 343 g/mol. The molecule has 0 amide bonds. The Kier molecular flexibility index (Phi) is 4.87. The number of halogens is 1. The summed E-state index contributed by atoms with van der Waals surface area (Å²) in [6, 6.07) is 14.8. The van der Waals surface area contributed by atoms with E-state index in [2.05, 4.69) is 36.2 Å². The molecule has 0 spiro atoms. The van der Waals surface area contributed by atoms with Crippen molar-refractivity contribution in [1.29, 1.82) is 0 Å². The number of hydrogen-bond donors (Lipinski definition) is 2. The quantitative estimate of drug-likeness (QED) is 0.699.